The van der Waals surface area contributed by atoms with Gasteiger partial charge in [-0.2, -0.15) is 0 Å². The number of unbranched alkanes of at least 4 members (excludes halogenated alkanes) is 1. The third kappa shape index (κ3) is 2.65. The van der Waals surface area contributed by atoms with Gasteiger partial charge in [-0.15, -0.1) is 0 Å². The molecule has 1 atom stereocenters. The van der Waals surface area contributed by atoms with Crippen molar-refractivity contribution in [3.63, 3.8) is 0 Å². The predicted octanol–water partition coefficient (Wildman–Crippen LogP) is 2.11. The Balaban J connectivity index is 2.18. The summed E-state index contributed by atoms with van der Waals surface area (Å²) >= 11 is 0. The maximum atomic E-state index is 11.8. The van der Waals surface area contributed by atoms with E-state index in [4.69, 9.17) is 5.11 Å². The minimum absolute atomic E-state index is 0.00517. The number of carbonyl (C=O) groups excluding carboxylic acids is 1. The molecule has 1 aromatic carbocycles. The standard InChI is InChI=1S/C15H21NO3/c1-15(2)11-9-10(13(18)5-3-4-8-17)6-7-12(11)16-14(15)19/h6-7,9,13,17-18H,3-5,8H2,1-2H3,(H,16,19). The third-order valence-corrected chi connectivity index (χ3v) is 3.80. The minimum atomic E-state index is -0.545. The van der Waals surface area contributed by atoms with E-state index >= 15 is 0 Å². The van der Waals surface area contributed by atoms with E-state index in [2.05, 4.69) is 5.32 Å². The smallest absolute Gasteiger partial charge is 0.234 e. The second kappa shape index (κ2) is 5.31. The van der Waals surface area contributed by atoms with Crippen LogP contribution in [-0.4, -0.2) is 22.7 Å². The van der Waals surface area contributed by atoms with Gasteiger partial charge in [-0.05, 0) is 50.3 Å². The first-order valence-electron chi connectivity index (χ1n) is 6.71. The summed E-state index contributed by atoms with van der Waals surface area (Å²) in [5.41, 5.74) is 2.06. The van der Waals surface area contributed by atoms with E-state index in [9.17, 15) is 9.90 Å². The van der Waals surface area contributed by atoms with E-state index in [1.807, 2.05) is 32.0 Å². The van der Waals surface area contributed by atoms with Crippen molar-refractivity contribution < 1.29 is 15.0 Å². The Morgan fingerprint density at radius 3 is 2.74 bits per heavy atom. The first-order valence-corrected chi connectivity index (χ1v) is 6.71. The molecule has 0 radical (unpaired) electrons. The van der Waals surface area contributed by atoms with Crippen LogP contribution in [0.25, 0.3) is 0 Å². The zero-order chi connectivity index (χ0) is 14.0. The molecule has 0 aliphatic carbocycles. The van der Waals surface area contributed by atoms with Gasteiger partial charge >= 0.3 is 0 Å². The van der Waals surface area contributed by atoms with Gasteiger partial charge in [0.15, 0.2) is 0 Å². The van der Waals surface area contributed by atoms with Crippen LogP contribution in [0.1, 0.15) is 50.3 Å². The molecule has 1 heterocycles. The number of amides is 1. The predicted molar refractivity (Wildman–Crippen MR) is 74.0 cm³/mol. The Labute approximate surface area is 113 Å². The van der Waals surface area contributed by atoms with Gasteiger partial charge in [0.2, 0.25) is 5.91 Å². The van der Waals surface area contributed by atoms with E-state index < -0.39 is 11.5 Å². The fourth-order valence-corrected chi connectivity index (χ4v) is 2.41. The quantitative estimate of drug-likeness (QED) is 0.713. The molecule has 1 unspecified atom stereocenters. The molecule has 1 aromatic rings. The maximum Gasteiger partial charge on any atom is 0.234 e. The SMILES string of the molecule is CC1(C)C(=O)Nc2ccc(C(O)CCCCO)cc21. The van der Waals surface area contributed by atoms with Crippen molar-refractivity contribution in [1.29, 1.82) is 0 Å². The van der Waals surface area contributed by atoms with Gasteiger partial charge in [0.1, 0.15) is 0 Å². The summed E-state index contributed by atoms with van der Waals surface area (Å²) in [6, 6.07) is 5.62. The highest BCUT2D eigenvalue weighted by Gasteiger charge is 2.38. The summed E-state index contributed by atoms with van der Waals surface area (Å²) in [5, 5.41) is 21.7. The van der Waals surface area contributed by atoms with Crippen molar-refractivity contribution >= 4 is 11.6 Å². The van der Waals surface area contributed by atoms with Gasteiger partial charge in [-0.25, -0.2) is 0 Å². The van der Waals surface area contributed by atoms with E-state index in [-0.39, 0.29) is 12.5 Å². The highest BCUT2D eigenvalue weighted by molar-refractivity contribution is 6.05. The topological polar surface area (TPSA) is 69.6 Å². The molecule has 0 aromatic heterocycles. The fourth-order valence-electron chi connectivity index (χ4n) is 2.41. The Kier molecular flexibility index (Phi) is 3.92. The van der Waals surface area contributed by atoms with Crippen molar-refractivity contribution in [2.75, 3.05) is 11.9 Å². The van der Waals surface area contributed by atoms with E-state index in [1.165, 1.54) is 0 Å². The molecule has 0 fully saturated rings. The molecule has 0 bridgehead atoms. The lowest BCUT2D eigenvalue weighted by Gasteiger charge is -2.17. The van der Waals surface area contributed by atoms with Crippen LogP contribution in [-0.2, 0) is 10.2 Å². The molecule has 1 aliphatic rings. The Bertz CT molecular complexity index is 482. The molecule has 0 saturated carbocycles. The van der Waals surface area contributed by atoms with Crippen LogP contribution in [0.4, 0.5) is 5.69 Å². The number of hydrogen-bond acceptors (Lipinski definition) is 3. The highest BCUT2D eigenvalue weighted by atomic mass is 16.3. The Hall–Kier alpha value is -1.39. The average molecular weight is 263 g/mol. The molecule has 1 aliphatic heterocycles. The molecule has 0 saturated heterocycles. The zero-order valence-electron chi connectivity index (χ0n) is 11.4. The van der Waals surface area contributed by atoms with Crippen LogP contribution in [0.3, 0.4) is 0 Å². The second-order valence-electron chi connectivity index (χ2n) is 5.62. The van der Waals surface area contributed by atoms with Crippen molar-refractivity contribution in [2.45, 2.75) is 44.6 Å². The first kappa shape index (κ1) is 14.0. The zero-order valence-corrected chi connectivity index (χ0v) is 11.4. The van der Waals surface area contributed by atoms with Gasteiger partial charge in [0.05, 0.1) is 11.5 Å². The number of benzene rings is 1. The van der Waals surface area contributed by atoms with Gasteiger partial charge in [-0.1, -0.05) is 12.1 Å². The Morgan fingerprint density at radius 2 is 2.05 bits per heavy atom. The molecule has 0 spiro atoms. The van der Waals surface area contributed by atoms with Crippen LogP contribution in [0.5, 0.6) is 0 Å². The Morgan fingerprint density at radius 1 is 1.32 bits per heavy atom. The van der Waals surface area contributed by atoms with E-state index in [0.717, 1.165) is 23.2 Å². The molecular formula is C15H21NO3. The van der Waals surface area contributed by atoms with E-state index in [1.54, 1.807) is 0 Å². The normalized spacial score (nSPS) is 18.0. The summed E-state index contributed by atoms with van der Waals surface area (Å²) in [4.78, 5) is 11.8. The molecule has 2 rings (SSSR count). The molecule has 19 heavy (non-hydrogen) atoms. The van der Waals surface area contributed by atoms with Crippen LogP contribution in [0.15, 0.2) is 18.2 Å². The number of rotatable bonds is 5. The number of aliphatic hydroxyl groups is 2. The average Bonchev–Trinajstić information content (AvgIpc) is 2.60. The number of hydrogen-bond donors (Lipinski definition) is 3. The number of fused-ring (bicyclic) bond motifs is 1. The van der Waals surface area contributed by atoms with Crippen LogP contribution >= 0.6 is 0 Å². The highest BCUT2D eigenvalue weighted by Crippen LogP contribution is 2.38. The van der Waals surface area contributed by atoms with Crippen molar-refractivity contribution in [3.8, 4) is 0 Å². The van der Waals surface area contributed by atoms with Gasteiger partial charge in [0, 0.05) is 12.3 Å². The molecule has 4 nitrogen and oxygen atoms in total. The van der Waals surface area contributed by atoms with Gasteiger partial charge in [0.25, 0.3) is 0 Å². The number of carbonyl (C=O) groups is 1. The monoisotopic (exact) mass is 263 g/mol. The fraction of sp³-hybridized carbons (Fsp3) is 0.533. The number of nitrogens with one attached hydrogen (secondary N) is 1. The molecular weight excluding hydrogens is 242 g/mol. The third-order valence-electron chi connectivity index (χ3n) is 3.80. The largest absolute Gasteiger partial charge is 0.396 e. The lowest BCUT2D eigenvalue weighted by Crippen LogP contribution is -2.26. The lowest BCUT2D eigenvalue weighted by molar-refractivity contribution is -0.119. The van der Waals surface area contributed by atoms with Crippen molar-refractivity contribution in [1.82, 2.24) is 0 Å². The summed E-state index contributed by atoms with van der Waals surface area (Å²) in [6.45, 7) is 3.93. The number of aliphatic hydroxyl groups excluding tert-OH is 2. The second-order valence-corrected chi connectivity index (χ2v) is 5.62. The molecule has 3 N–H and O–H groups in total. The molecule has 104 valence electrons. The summed E-state index contributed by atoms with van der Waals surface area (Å²) in [7, 11) is 0. The van der Waals surface area contributed by atoms with Crippen LogP contribution < -0.4 is 5.32 Å². The first-order chi connectivity index (χ1) is 8.96. The summed E-state index contributed by atoms with van der Waals surface area (Å²) in [5.74, 6) is -0.00517. The van der Waals surface area contributed by atoms with Crippen molar-refractivity contribution in [3.05, 3.63) is 29.3 Å². The van der Waals surface area contributed by atoms with Gasteiger partial charge in [-0.3, -0.25) is 4.79 Å². The summed E-state index contributed by atoms with van der Waals surface area (Å²) in [6.07, 6.45) is 1.58. The minimum Gasteiger partial charge on any atom is -0.396 e. The van der Waals surface area contributed by atoms with Crippen LogP contribution in [0, 0.1) is 0 Å². The summed E-state index contributed by atoms with van der Waals surface area (Å²) < 4.78 is 0. The van der Waals surface area contributed by atoms with Crippen molar-refractivity contribution in [2.24, 2.45) is 0 Å². The molecule has 4 heteroatoms. The maximum absolute atomic E-state index is 11.8. The number of anilines is 1. The van der Waals surface area contributed by atoms with Crippen LogP contribution in [0.2, 0.25) is 0 Å². The lowest BCUT2D eigenvalue weighted by atomic mass is 9.84. The molecule has 1 amide bonds. The van der Waals surface area contributed by atoms with E-state index in [0.29, 0.717) is 12.8 Å². The van der Waals surface area contributed by atoms with Gasteiger partial charge < -0.3 is 15.5 Å².